The Balaban J connectivity index is 0.000000228. The lowest BCUT2D eigenvalue weighted by molar-refractivity contribution is 0.100. The van der Waals surface area contributed by atoms with Crippen molar-refractivity contribution in [3.63, 3.8) is 0 Å². The number of carbonyl (C=O) groups excluding carboxylic acids is 1. The number of carbonyl (C=O) groups is 1. The zero-order valence-corrected chi connectivity index (χ0v) is 31.1. The summed E-state index contributed by atoms with van der Waals surface area (Å²) in [5.74, 6) is -0.336. The molecular formula is C31H29Br2F2N7O6S2. The van der Waals surface area contributed by atoms with Crippen molar-refractivity contribution in [1.82, 2.24) is 20.2 Å². The molecule has 0 saturated carbocycles. The Morgan fingerprint density at radius 3 is 1.58 bits per heavy atom. The Kier molecular flexibility index (Phi) is 12.9. The zero-order valence-electron chi connectivity index (χ0n) is 26.3. The molecule has 264 valence electrons. The third kappa shape index (κ3) is 10.7. The van der Waals surface area contributed by atoms with Crippen LogP contribution < -0.4 is 14.3 Å². The molecule has 0 aliphatic rings. The molecule has 0 atom stereocenters. The fourth-order valence-corrected chi connectivity index (χ4v) is 6.34. The van der Waals surface area contributed by atoms with E-state index in [-0.39, 0.29) is 37.1 Å². The van der Waals surface area contributed by atoms with Crippen LogP contribution in [0.3, 0.4) is 0 Å². The molecule has 5 aromatic rings. The molecular weight excluding hydrogens is 828 g/mol. The standard InChI is InChI=1S/C16H13BrF2N4O3S.C15H16BrN3O3S/c1-27(24,25)23(13-7-6-12(17)8-20-13)9-10-2-4-11(5-3-10)15-21-22-16(26-15)14(18)19;1-23(21,22)19(15-7-6-13(16)9-18-15)10-11-2-4-12(5-3-11)14(20)8-17/h2-8,14H,9H2,1H3;2-7,9H,8,10,17H2,1H3. The number of rotatable bonds is 12. The van der Waals surface area contributed by atoms with Crippen LogP contribution in [0.1, 0.15) is 33.8 Å². The van der Waals surface area contributed by atoms with Crippen molar-refractivity contribution in [3.8, 4) is 11.5 Å². The molecule has 2 aromatic carbocycles. The highest BCUT2D eigenvalue weighted by Gasteiger charge is 2.21. The Bertz CT molecular complexity index is 2120. The molecule has 3 aromatic heterocycles. The lowest BCUT2D eigenvalue weighted by atomic mass is 10.1. The van der Waals surface area contributed by atoms with E-state index in [1.807, 2.05) is 0 Å². The van der Waals surface area contributed by atoms with Crippen LogP contribution in [0.25, 0.3) is 11.5 Å². The predicted molar refractivity (Wildman–Crippen MR) is 190 cm³/mol. The quantitative estimate of drug-likeness (QED) is 0.151. The lowest BCUT2D eigenvalue weighted by Gasteiger charge is -2.21. The topological polar surface area (TPSA) is 183 Å². The summed E-state index contributed by atoms with van der Waals surface area (Å²) in [5.41, 5.74) is 7.69. The van der Waals surface area contributed by atoms with Crippen LogP contribution in [0.2, 0.25) is 0 Å². The zero-order chi connectivity index (χ0) is 36.6. The van der Waals surface area contributed by atoms with E-state index in [0.29, 0.717) is 22.5 Å². The molecule has 13 nitrogen and oxygen atoms in total. The molecule has 0 amide bonds. The average molecular weight is 858 g/mol. The Morgan fingerprint density at radius 2 is 1.22 bits per heavy atom. The summed E-state index contributed by atoms with van der Waals surface area (Å²) in [7, 11) is -7.06. The average Bonchev–Trinajstić information content (AvgIpc) is 3.58. The normalized spacial score (nSPS) is 11.5. The lowest BCUT2D eigenvalue weighted by Crippen LogP contribution is -2.30. The van der Waals surface area contributed by atoms with Gasteiger partial charge in [-0.3, -0.25) is 4.79 Å². The van der Waals surface area contributed by atoms with Gasteiger partial charge >= 0.3 is 6.43 Å². The number of hydrogen-bond donors (Lipinski definition) is 1. The number of nitrogens with two attached hydrogens (primary N) is 1. The second-order valence-electron chi connectivity index (χ2n) is 10.5. The largest absolute Gasteiger partial charge is 0.415 e. The first-order valence-corrected chi connectivity index (χ1v) is 19.5. The van der Waals surface area contributed by atoms with Crippen molar-refractivity contribution in [2.75, 3.05) is 27.7 Å². The molecule has 3 heterocycles. The fraction of sp³-hybridized carbons (Fsp3) is 0.194. The molecule has 2 N–H and O–H groups in total. The van der Waals surface area contributed by atoms with Gasteiger partial charge in [0.25, 0.3) is 5.89 Å². The van der Waals surface area contributed by atoms with Crippen LogP contribution in [0, 0.1) is 0 Å². The van der Waals surface area contributed by atoms with E-state index in [2.05, 4.69) is 52.0 Å². The third-order valence-electron chi connectivity index (χ3n) is 6.68. The molecule has 5 rings (SSSR count). The Labute approximate surface area is 303 Å². The van der Waals surface area contributed by atoms with Crippen LogP contribution in [0.5, 0.6) is 0 Å². The maximum Gasteiger partial charge on any atom is 0.314 e. The van der Waals surface area contributed by atoms with Crippen LogP contribution in [-0.2, 0) is 33.1 Å². The summed E-state index contributed by atoms with van der Waals surface area (Å²) in [6.45, 7) is 0.127. The molecule has 0 unspecified atom stereocenters. The van der Waals surface area contributed by atoms with Crippen molar-refractivity contribution >= 4 is 69.3 Å². The maximum atomic E-state index is 12.5. The monoisotopic (exact) mass is 855 g/mol. The van der Waals surface area contributed by atoms with Crippen LogP contribution >= 0.6 is 31.9 Å². The minimum absolute atomic E-state index is 0.0357. The second-order valence-corrected chi connectivity index (χ2v) is 16.1. The van der Waals surface area contributed by atoms with Gasteiger partial charge in [-0.1, -0.05) is 36.4 Å². The SMILES string of the molecule is CS(=O)(=O)N(Cc1ccc(-c2nnc(C(F)F)o2)cc1)c1ccc(Br)cn1.CS(=O)(=O)N(Cc1ccc(C(=O)CN)cc1)c1ccc(Br)cn1. The first-order valence-electron chi connectivity index (χ1n) is 14.3. The van der Waals surface area contributed by atoms with E-state index in [0.717, 1.165) is 31.3 Å². The summed E-state index contributed by atoms with van der Waals surface area (Å²) >= 11 is 6.52. The summed E-state index contributed by atoms with van der Waals surface area (Å²) in [5, 5.41) is 6.85. The predicted octanol–water partition coefficient (Wildman–Crippen LogP) is 5.75. The highest BCUT2D eigenvalue weighted by atomic mass is 79.9. The van der Waals surface area contributed by atoms with Crippen molar-refractivity contribution < 1.29 is 34.8 Å². The van der Waals surface area contributed by atoms with E-state index < -0.39 is 32.4 Å². The number of aromatic nitrogens is 4. The number of nitrogens with zero attached hydrogens (tertiary/aromatic N) is 6. The van der Waals surface area contributed by atoms with Crippen molar-refractivity contribution in [1.29, 1.82) is 0 Å². The van der Waals surface area contributed by atoms with Gasteiger partial charge in [-0.05, 0) is 79.4 Å². The number of halogens is 4. The second kappa shape index (κ2) is 16.7. The molecule has 19 heteroatoms. The number of hydrogen-bond acceptors (Lipinski definition) is 11. The van der Waals surface area contributed by atoms with Gasteiger partial charge < -0.3 is 10.2 Å². The van der Waals surface area contributed by atoms with E-state index >= 15 is 0 Å². The minimum Gasteiger partial charge on any atom is -0.415 e. The van der Waals surface area contributed by atoms with Gasteiger partial charge in [0.1, 0.15) is 11.6 Å². The van der Waals surface area contributed by atoms with Gasteiger partial charge in [0, 0.05) is 32.5 Å². The van der Waals surface area contributed by atoms with E-state index in [1.165, 1.54) is 16.7 Å². The fourth-order valence-electron chi connectivity index (χ4n) is 4.21. The van der Waals surface area contributed by atoms with Crippen LogP contribution in [0.15, 0.2) is 98.6 Å². The Hall–Kier alpha value is -4.17. The maximum absolute atomic E-state index is 12.5. The van der Waals surface area contributed by atoms with Crippen LogP contribution in [0.4, 0.5) is 20.4 Å². The van der Waals surface area contributed by atoms with Crippen molar-refractivity contribution in [2.45, 2.75) is 19.5 Å². The first-order chi connectivity index (χ1) is 23.5. The molecule has 0 aliphatic heterocycles. The first kappa shape index (κ1) is 38.6. The molecule has 0 saturated heterocycles. The summed E-state index contributed by atoms with van der Waals surface area (Å²) in [4.78, 5) is 19.8. The van der Waals surface area contributed by atoms with Gasteiger partial charge in [0.2, 0.25) is 25.9 Å². The molecule has 50 heavy (non-hydrogen) atoms. The highest BCUT2D eigenvalue weighted by molar-refractivity contribution is 9.10. The van der Waals surface area contributed by atoms with Gasteiger partial charge in [-0.15, -0.1) is 10.2 Å². The van der Waals surface area contributed by atoms with Gasteiger partial charge in [0.05, 0.1) is 32.1 Å². The number of ketones is 1. The number of anilines is 2. The third-order valence-corrected chi connectivity index (χ3v) is 9.85. The summed E-state index contributed by atoms with van der Waals surface area (Å²) < 4.78 is 82.2. The summed E-state index contributed by atoms with van der Waals surface area (Å²) in [6, 6.07) is 19.8. The van der Waals surface area contributed by atoms with E-state index in [4.69, 9.17) is 10.2 Å². The van der Waals surface area contributed by atoms with Gasteiger partial charge in [-0.2, -0.15) is 8.78 Å². The van der Waals surface area contributed by atoms with Crippen LogP contribution in [-0.4, -0.2) is 61.8 Å². The molecule has 0 spiro atoms. The number of alkyl halides is 2. The number of benzene rings is 2. The molecule has 0 bridgehead atoms. The molecule has 0 radical (unpaired) electrons. The van der Waals surface area contributed by atoms with E-state index in [9.17, 15) is 30.4 Å². The van der Waals surface area contributed by atoms with Gasteiger partial charge in [0.15, 0.2) is 5.78 Å². The molecule has 0 fully saturated rings. The van der Waals surface area contributed by atoms with Gasteiger partial charge in [-0.25, -0.2) is 35.4 Å². The smallest absolute Gasteiger partial charge is 0.314 e. The number of pyridine rings is 2. The van der Waals surface area contributed by atoms with Crippen molar-refractivity contribution in [2.24, 2.45) is 5.73 Å². The number of sulfonamides is 2. The molecule has 0 aliphatic carbocycles. The number of Topliss-reactive ketones (excluding diaryl/α,β-unsaturated/α-hetero) is 1. The Morgan fingerprint density at radius 1 is 0.760 bits per heavy atom. The van der Waals surface area contributed by atoms with E-state index in [1.54, 1.807) is 72.8 Å². The van der Waals surface area contributed by atoms with Crippen molar-refractivity contribution in [3.05, 3.63) is 117 Å². The summed E-state index contributed by atoms with van der Waals surface area (Å²) in [6.07, 6.45) is 2.43. The minimum atomic E-state index is -3.57. The highest BCUT2D eigenvalue weighted by Crippen LogP contribution is 2.25.